The standard InChI is InChI=1S/C9H16O2.3H2O/c1-2-3-4-5-6-7-8-9(10)11;;;/h7-8H,2-6H2,1H3,(H,10,11);3*1H2. The van der Waals surface area contributed by atoms with E-state index in [1.165, 1.54) is 25.3 Å². The first-order chi connectivity index (χ1) is 5.27. The predicted octanol–water partition coefficient (Wildman–Crippen LogP) is 0.123. The van der Waals surface area contributed by atoms with Gasteiger partial charge < -0.3 is 21.5 Å². The van der Waals surface area contributed by atoms with E-state index in [1.807, 2.05) is 0 Å². The molecule has 0 aromatic rings. The number of carboxylic acids is 1. The van der Waals surface area contributed by atoms with Crippen molar-refractivity contribution >= 4 is 5.97 Å². The maximum atomic E-state index is 10.0. The van der Waals surface area contributed by atoms with E-state index in [-0.39, 0.29) is 16.4 Å². The van der Waals surface area contributed by atoms with Gasteiger partial charge in [-0.25, -0.2) is 4.79 Å². The SMILES string of the molecule is CCCCCCC=CC(=O)O.O.O.O. The molecule has 0 saturated heterocycles. The summed E-state index contributed by atoms with van der Waals surface area (Å²) in [5, 5.41) is 8.23. The predicted molar refractivity (Wildman–Crippen MR) is 56.4 cm³/mol. The van der Waals surface area contributed by atoms with Gasteiger partial charge in [-0.05, 0) is 12.8 Å². The van der Waals surface area contributed by atoms with Gasteiger partial charge in [0.15, 0.2) is 0 Å². The number of allylic oxidation sites excluding steroid dienone is 1. The molecule has 7 N–H and O–H groups in total. The van der Waals surface area contributed by atoms with Crippen LogP contribution in [0, 0.1) is 0 Å². The van der Waals surface area contributed by atoms with E-state index in [2.05, 4.69) is 6.92 Å². The van der Waals surface area contributed by atoms with Crippen molar-refractivity contribution in [1.82, 2.24) is 0 Å². The van der Waals surface area contributed by atoms with E-state index in [0.29, 0.717) is 0 Å². The Hall–Kier alpha value is -0.910. The molecule has 0 heterocycles. The Morgan fingerprint density at radius 3 is 2.14 bits per heavy atom. The third kappa shape index (κ3) is 22.5. The summed E-state index contributed by atoms with van der Waals surface area (Å²) >= 11 is 0. The van der Waals surface area contributed by atoms with Crippen LogP contribution in [0.3, 0.4) is 0 Å². The van der Waals surface area contributed by atoms with Gasteiger partial charge in [-0.2, -0.15) is 0 Å². The smallest absolute Gasteiger partial charge is 0.327 e. The topological polar surface area (TPSA) is 132 Å². The summed E-state index contributed by atoms with van der Waals surface area (Å²) in [6, 6.07) is 0. The van der Waals surface area contributed by atoms with E-state index < -0.39 is 5.97 Å². The summed E-state index contributed by atoms with van der Waals surface area (Å²) in [5.74, 6) is -0.847. The van der Waals surface area contributed by atoms with Crippen molar-refractivity contribution in [2.75, 3.05) is 0 Å². The van der Waals surface area contributed by atoms with Crippen molar-refractivity contribution in [3.63, 3.8) is 0 Å². The van der Waals surface area contributed by atoms with E-state index in [1.54, 1.807) is 6.08 Å². The van der Waals surface area contributed by atoms with Crippen molar-refractivity contribution in [3.05, 3.63) is 12.2 Å². The number of unbranched alkanes of at least 4 members (excludes halogenated alkanes) is 4. The summed E-state index contributed by atoms with van der Waals surface area (Å²) < 4.78 is 0. The summed E-state index contributed by atoms with van der Waals surface area (Å²) in [6.45, 7) is 2.16. The molecule has 0 aromatic carbocycles. The molecule has 14 heavy (non-hydrogen) atoms. The van der Waals surface area contributed by atoms with Crippen LogP contribution >= 0.6 is 0 Å². The van der Waals surface area contributed by atoms with Crippen LogP contribution in [0.25, 0.3) is 0 Å². The number of hydrogen-bond donors (Lipinski definition) is 1. The molecule has 0 saturated carbocycles. The quantitative estimate of drug-likeness (QED) is 0.492. The molecule has 0 fully saturated rings. The van der Waals surface area contributed by atoms with Crippen LogP contribution in [0.2, 0.25) is 0 Å². The maximum absolute atomic E-state index is 10.0. The van der Waals surface area contributed by atoms with Crippen molar-refractivity contribution in [1.29, 1.82) is 0 Å². The van der Waals surface area contributed by atoms with Crippen LogP contribution in [0.4, 0.5) is 0 Å². The average Bonchev–Trinajstić information content (AvgIpc) is 1.96. The molecule has 0 aliphatic heterocycles. The summed E-state index contributed by atoms with van der Waals surface area (Å²) in [7, 11) is 0. The van der Waals surface area contributed by atoms with Gasteiger partial charge in [0, 0.05) is 6.08 Å². The molecular weight excluding hydrogens is 188 g/mol. The van der Waals surface area contributed by atoms with Gasteiger partial charge in [0.1, 0.15) is 0 Å². The van der Waals surface area contributed by atoms with Crippen LogP contribution in [0.15, 0.2) is 12.2 Å². The lowest BCUT2D eigenvalue weighted by Crippen LogP contribution is -1.85. The van der Waals surface area contributed by atoms with Crippen molar-refractivity contribution in [2.24, 2.45) is 0 Å². The number of hydrogen-bond acceptors (Lipinski definition) is 1. The Balaban J connectivity index is -0.000000167. The van der Waals surface area contributed by atoms with E-state index >= 15 is 0 Å². The van der Waals surface area contributed by atoms with Crippen molar-refractivity contribution < 1.29 is 26.3 Å². The molecule has 88 valence electrons. The molecule has 0 radical (unpaired) electrons. The van der Waals surface area contributed by atoms with Crippen LogP contribution in [-0.2, 0) is 4.79 Å². The van der Waals surface area contributed by atoms with Crippen LogP contribution in [0.5, 0.6) is 0 Å². The minimum absolute atomic E-state index is 0. The highest BCUT2D eigenvalue weighted by atomic mass is 16.4. The highest BCUT2D eigenvalue weighted by Gasteiger charge is 1.86. The van der Waals surface area contributed by atoms with Gasteiger partial charge in [-0.3, -0.25) is 0 Å². The molecule has 0 atom stereocenters. The van der Waals surface area contributed by atoms with Crippen molar-refractivity contribution in [2.45, 2.75) is 39.0 Å². The number of carbonyl (C=O) groups is 1. The Bertz CT molecular complexity index is 133. The number of rotatable bonds is 6. The van der Waals surface area contributed by atoms with Crippen molar-refractivity contribution in [3.8, 4) is 0 Å². The lowest BCUT2D eigenvalue weighted by Gasteiger charge is -1.92. The van der Waals surface area contributed by atoms with Gasteiger partial charge >= 0.3 is 5.97 Å². The summed E-state index contributed by atoms with van der Waals surface area (Å²) in [6.07, 6.45) is 8.62. The first-order valence-corrected chi connectivity index (χ1v) is 4.17. The molecule has 0 aliphatic rings. The van der Waals surface area contributed by atoms with E-state index in [9.17, 15) is 4.79 Å². The zero-order valence-electron chi connectivity index (χ0n) is 8.55. The molecule has 5 heteroatoms. The minimum atomic E-state index is -0.847. The van der Waals surface area contributed by atoms with E-state index in [0.717, 1.165) is 12.8 Å². The first kappa shape index (κ1) is 23.2. The monoisotopic (exact) mass is 210 g/mol. The van der Waals surface area contributed by atoms with Gasteiger partial charge in [-0.1, -0.05) is 32.3 Å². The molecule has 0 aromatic heterocycles. The normalized spacial score (nSPS) is 8.36. The summed E-state index contributed by atoms with van der Waals surface area (Å²) in [4.78, 5) is 10.0. The number of aliphatic carboxylic acids is 1. The zero-order chi connectivity index (χ0) is 8.53. The average molecular weight is 210 g/mol. The molecule has 0 bridgehead atoms. The molecule has 0 aliphatic carbocycles. The lowest BCUT2D eigenvalue weighted by atomic mass is 10.1. The molecule has 5 nitrogen and oxygen atoms in total. The summed E-state index contributed by atoms with van der Waals surface area (Å²) in [5.41, 5.74) is 0. The van der Waals surface area contributed by atoms with Crippen LogP contribution in [0.1, 0.15) is 39.0 Å². The second-order valence-electron chi connectivity index (χ2n) is 2.59. The zero-order valence-corrected chi connectivity index (χ0v) is 8.55. The molecular formula is C9H22O5. The second-order valence-corrected chi connectivity index (χ2v) is 2.59. The van der Waals surface area contributed by atoms with Crippen LogP contribution < -0.4 is 0 Å². The van der Waals surface area contributed by atoms with Gasteiger partial charge in [0.25, 0.3) is 0 Å². The fourth-order valence-electron chi connectivity index (χ4n) is 0.873. The molecule has 0 unspecified atom stereocenters. The highest BCUT2D eigenvalue weighted by molar-refractivity contribution is 5.79. The van der Waals surface area contributed by atoms with Gasteiger partial charge in [0.05, 0.1) is 0 Å². The minimum Gasteiger partial charge on any atom is -0.478 e. The fraction of sp³-hybridized carbons (Fsp3) is 0.667. The Labute approximate surface area is 84.4 Å². The lowest BCUT2D eigenvalue weighted by molar-refractivity contribution is -0.131. The Morgan fingerprint density at radius 2 is 1.71 bits per heavy atom. The van der Waals surface area contributed by atoms with E-state index in [4.69, 9.17) is 5.11 Å². The molecule has 0 spiro atoms. The number of carboxylic acid groups (broad SMARTS) is 1. The third-order valence-electron chi connectivity index (χ3n) is 1.48. The van der Waals surface area contributed by atoms with Crippen LogP contribution in [-0.4, -0.2) is 27.5 Å². The maximum Gasteiger partial charge on any atom is 0.327 e. The third-order valence-corrected chi connectivity index (χ3v) is 1.48. The second kappa shape index (κ2) is 18.0. The van der Waals surface area contributed by atoms with Gasteiger partial charge in [0.2, 0.25) is 0 Å². The Morgan fingerprint density at radius 1 is 1.14 bits per heavy atom. The largest absolute Gasteiger partial charge is 0.478 e. The fourth-order valence-corrected chi connectivity index (χ4v) is 0.873. The Kier molecular flexibility index (Phi) is 29.8. The molecule has 0 amide bonds. The first-order valence-electron chi connectivity index (χ1n) is 4.17. The van der Waals surface area contributed by atoms with Gasteiger partial charge in [-0.15, -0.1) is 0 Å². The highest BCUT2D eigenvalue weighted by Crippen LogP contribution is 2.02. The molecule has 0 rings (SSSR count).